The maximum Gasteiger partial charge on any atom is 0.261 e. The van der Waals surface area contributed by atoms with Crippen LogP contribution in [0.3, 0.4) is 0 Å². The topological polar surface area (TPSA) is 97.5 Å². The molecule has 0 spiro atoms. The average molecular weight is 236 g/mol. The third-order valence-corrected chi connectivity index (χ3v) is 2.55. The largest absolute Gasteiger partial charge is 0.440 e. The van der Waals surface area contributed by atoms with Gasteiger partial charge in [0.15, 0.2) is 5.84 Å². The van der Waals surface area contributed by atoms with E-state index in [9.17, 15) is 0 Å². The van der Waals surface area contributed by atoms with E-state index in [0.29, 0.717) is 15.8 Å². The number of amidine groups is 1. The summed E-state index contributed by atoms with van der Waals surface area (Å²) in [6.07, 6.45) is 4.60. The molecule has 7 heteroatoms. The van der Waals surface area contributed by atoms with Gasteiger partial charge < -0.3 is 15.4 Å². The molecule has 0 amide bonds. The van der Waals surface area contributed by atoms with Gasteiger partial charge in [0, 0.05) is 11.8 Å². The molecular weight excluding hydrogens is 228 g/mol. The highest BCUT2D eigenvalue weighted by Crippen LogP contribution is 2.24. The quantitative estimate of drug-likeness (QED) is 0.361. The Kier molecular flexibility index (Phi) is 3.06. The van der Waals surface area contributed by atoms with E-state index in [1.54, 1.807) is 24.5 Å². The van der Waals surface area contributed by atoms with E-state index in [2.05, 4.69) is 15.1 Å². The Labute approximate surface area is 95.2 Å². The minimum absolute atomic E-state index is 0.0386. The van der Waals surface area contributed by atoms with Gasteiger partial charge >= 0.3 is 0 Å². The molecule has 0 aliphatic rings. The second kappa shape index (κ2) is 4.67. The number of nitrogens with zero attached hydrogens (tertiary/aromatic N) is 3. The molecule has 2 aromatic rings. The highest BCUT2D eigenvalue weighted by atomic mass is 32.2. The second-order valence-electron chi connectivity index (χ2n) is 2.77. The number of nitrogens with two attached hydrogens (primary N) is 1. The zero-order valence-electron chi connectivity index (χ0n) is 8.07. The van der Waals surface area contributed by atoms with E-state index in [1.807, 2.05) is 0 Å². The first-order valence-corrected chi connectivity index (χ1v) is 5.12. The standard InChI is InChI=1S/C9H8N4O2S/c10-8(13-14)6-1-2-11-7(5-6)16-9-12-3-4-15-9/h1-5,14H,(H2,10,13). The SMILES string of the molecule is N/C(=N/O)c1ccnc(Sc2ncco2)c1. The summed E-state index contributed by atoms with van der Waals surface area (Å²) >= 11 is 1.26. The highest BCUT2D eigenvalue weighted by Gasteiger charge is 2.05. The van der Waals surface area contributed by atoms with Gasteiger partial charge in [-0.3, -0.25) is 0 Å². The van der Waals surface area contributed by atoms with Gasteiger partial charge in [-0.2, -0.15) is 0 Å². The molecule has 2 rings (SSSR count). The van der Waals surface area contributed by atoms with Crippen molar-refractivity contribution in [1.29, 1.82) is 0 Å². The lowest BCUT2D eigenvalue weighted by Crippen LogP contribution is -2.13. The Bertz CT molecular complexity index is 498. The number of hydrogen-bond acceptors (Lipinski definition) is 6. The van der Waals surface area contributed by atoms with Crippen molar-refractivity contribution in [3.8, 4) is 0 Å². The molecule has 0 unspecified atom stereocenters. The van der Waals surface area contributed by atoms with Crippen molar-refractivity contribution >= 4 is 17.6 Å². The molecule has 6 nitrogen and oxygen atoms in total. The van der Waals surface area contributed by atoms with Crippen LogP contribution < -0.4 is 5.73 Å². The first-order valence-electron chi connectivity index (χ1n) is 4.31. The monoisotopic (exact) mass is 236 g/mol. The molecule has 0 atom stereocenters. The molecule has 82 valence electrons. The number of hydrogen-bond donors (Lipinski definition) is 2. The van der Waals surface area contributed by atoms with Crippen LogP contribution in [-0.4, -0.2) is 21.0 Å². The van der Waals surface area contributed by atoms with Gasteiger partial charge in [0.2, 0.25) is 0 Å². The van der Waals surface area contributed by atoms with Crippen molar-refractivity contribution in [3.05, 3.63) is 36.4 Å². The third kappa shape index (κ3) is 2.31. The van der Waals surface area contributed by atoms with Gasteiger partial charge in [-0.1, -0.05) is 5.16 Å². The molecule has 0 saturated heterocycles. The molecule has 0 bridgehead atoms. The van der Waals surface area contributed by atoms with E-state index in [1.165, 1.54) is 18.0 Å². The lowest BCUT2D eigenvalue weighted by Gasteiger charge is -2.00. The lowest BCUT2D eigenvalue weighted by atomic mass is 10.2. The van der Waals surface area contributed by atoms with Crippen LogP contribution in [0.2, 0.25) is 0 Å². The van der Waals surface area contributed by atoms with Crippen molar-refractivity contribution in [2.24, 2.45) is 10.9 Å². The van der Waals surface area contributed by atoms with Gasteiger partial charge in [0.1, 0.15) is 11.3 Å². The van der Waals surface area contributed by atoms with Crippen molar-refractivity contribution in [2.75, 3.05) is 0 Å². The summed E-state index contributed by atoms with van der Waals surface area (Å²) in [6, 6.07) is 3.33. The molecule has 0 aliphatic carbocycles. The maximum absolute atomic E-state index is 8.54. The van der Waals surface area contributed by atoms with Gasteiger partial charge in [-0.15, -0.1) is 0 Å². The van der Waals surface area contributed by atoms with Crippen molar-refractivity contribution in [2.45, 2.75) is 10.2 Å². The molecule has 0 aliphatic heterocycles. The Morgan fingerprint density at radius 2 is 2.31 bits per heavy atom. The fourth-order valence-corrected chi connectivity index (χ4v) is 1.73. The minimum Gasteiger partial charge on any atom is -0.440 e. The molecule has 0 fully saturated rings. The Morgan fingerprint density at radius 3 is 3.00 bits per heavy atom. The van der Waals surface area contributed by atoms with Gasteiger partial charge in [0.05, 0.1) is 6.20 Å². The van der Waals surface area contributed by atoms with Crippen LogP contribution in [0, 0.1) is 0 Å². The fourth-order valence-electron chi connectivity index (χ4n) is 1.03. The maximum atomic E-state index is 8.54. The fraction of sp³-hybridized carbons (Fsp3) is 0. The average Bonchev–Trinajstić information content (AvgIpc) is 2.81. The van der Waals surface area contributed by atoms with Gasteiger partial charge in [0.25, 0.3) is 5.22 Å². The minimum atomic E-state index is 0.0386. The van der Waals surface area contributed by atoms with Crippen molar-refractivity contribution in [1.82, 2.24) is 9.97 Å². The van der Waals surface area contributed by atoms with Crippen LogP contribution in [0.15, 0.2) is 50.6 Å². The van der Waals surface area contributed by atoms with E-state index < -0.39 is 0 Å². The van der Waals surface area contributed by atoms with Crippen LogP contribution in [0.1, 0.15) is 5.56 Å². The molecule has 0 aromatic carbocycles. The molecule has 2 aromatic heterocycles. The van der Waals surface area contributed by atoms with Crippen LogP contribution >= 0.6 is 11.8 Å². The molecule has 0 radical (unpaired) electrons. The number of oxazole rings is 1. The number of pyridine rings is 1. The van der Waals surface area contributed by atoms with Crippen LogP contribution in [0.25, 0.3) is 0 Å². The first kappa shape index (κ1) is 10.5. The predicted octanol–water partition coefficient (Wildman–Crippen LogP) is 1.32. The van der Waals surface area contributed by atoms with Crippen LogP contribution in [-0.2, 0) is 0 Å². The van der Waals surface area contributed by atoms with E-state index in [0.717, 1.165) is 0 Å². The van der Waals surface area contributed by atoms with Gasteiger partial charge in [-0.25, -0.2) is 9.97 Å². The van der Waals surface area contributed by atoms with E-state index >= 15 is 0 Å². The van der Waals surface area contributed by atoms with Gasteiger partial charge in [-0.05, 0) is 23.9 Å². The summed E-state index contributed by atoms with van der Waals surface area (Å²) < 4.78 is 5.07. The third-order valence-electron chi connectivity index (χ3n) is 1.74. The summed E-state index contributed by atoms with van der Waals surface area (Å²) in [7, 11) is 0. The van der Waals surface area contributed by atoms with E-state index in [-0.39, 0.29) is 5.84 Å². The summed E-state index contributed by atoms with van der Waals surface area (Å²) in [5, 5.41) is 12.6. The Hall–Kier alpha value is -2.02. The molecule has 0 saturated carbocycles. The molecule has 16 heavy (non-hydrogen) atoms. The van der Waals surface area contributed by atoms with Crippen molar-refractivity contribution in [3.63, 3.8) is 0 Å². The number of aromatic nitrogens is 2. The highest BCUT2D eigenvalue weighted by molar-refractivity contribution is 7.99. The van der Waals surface area contributed by atoms with E-state index in [4.69, 9.17) is 15.4 Å². The molecule has 2 heterocycles. The van der Waals surface area contributed by atoms with Crippen molar-refractivity contribution < 1.29 is 9.62 Å². The second-order valence-corrected chi connectivity index (χ2v) is 3.74. The predicted molar refractivity (Wildman–Crippen MR) is 57.4 cm³/mol. The normalized spacial score (nSPS) is 11.6. The summed E-state index contributed by atoms with van der Waals surface area (Å²) in [6.45, 7) is 0. The van der Waals surface area contributed by atoms with Crippen LogP contribution in [0.5, 0.6) is 0 Å². The zero-order chi connectivity index (χ0) is 11.4. The summed E-state index contributed by atoms with van der Waals surface area (Å²) in [5.74, 6) is 0.0386. The molecule has 3 N–H and O–H groups in total. The Balaban J connectivity index is 2.23. The van der Waals surface area contributed by atoms with Crippen LogP contribution in [0.4, 0.5) is 0 Å². The number of oxime groups is 1. The zero-order valence-corrected chi connectivity index (χ0v) is 8.89. The number of rotatable bonds is 3. The Morgan fingerprint density at radius 1 is 1.44 bits per heavy atom. The smallest absolute Gasteiger partial charge is 0.261 e. The molecular formula is C9H8N4O2S. The lowest BCUT2D eigenvalue weighted by molar-refractivity contribution is 0.318. The summed E-state index contributed by atoms with van der Waals surface area (Å²) in [4.78, 5) is 8.05. The first-order chi connectivity index (χ1) is 7.79. The summed E-state index contributed by atoms with van der Waals surface area (Å²) in [5.41, 5.74) is 6.05.